The van der Waals surface area contributed by atoms with Gasteiger partial charge >= 0.3 is 6.01 Å². The van der Waals surface area contributed by atoms with Crippen molar-refractivity contribution in [3.8, 4) is 22.9 Å². The van der Waals surface area contributed by atoms with Gasteiger partial charge in [0.2, 0.25) is 11.7 Å². The molecule has 172 valence electrons. The van der Waals surface area contributed by atoms with Crippen LogP contribution in [-0.2, 0) is 4.79 Å². The van der Waals surface area contributed by atoms with Crippen LogP contribution in [0.3, 0.4) is 0 Å². The molecule has 10 heteroatoms. The lowest BCUT2D eigenvalue weighted by molar-refractivity contribution is -0.130. The van der Waals surface area contributed by atoms with Crippen LogP contribution in [0.5, 0.6) is 11.5 Å². The molecule has 0 atom stereocenters. The zero-order chi connectivity index (χ0) is 23.2. The molecule has 1 saturated heterocycles. The van der Waals surface area contributed by atoms with Crippen molar-refractivity contribution in [1.29, 1.82) is 0 Å². The van der Waals surface area contributed by atoms with E-state index in [2.05, 4.69) is 15.5 Å². The number of rotatable bonds is 7. The van der Waals surface area contributed by atoms with E-state index in [0.29, 0.717) is 55.1 Å². The molecule has 2 aromatic carbocycles. The molecule has 0 spiro atoms. The van der Waals surface area contributed by atoms with Gasteiger partial charge in [-0.1, -0.05) is 23.4 Å². The van der Waals surface area contributed by atoms with Crippen LogP contribution in [0.2, 0.25) is 0 Å². The first-order chi connectivity index (χ1) is 16.1. The molecule has 10 nitrogen and oxygen atoms in total. The number of methoxy groups -OCH3 is 2. The molecular formula is C23H25N5O5. The van der Waals surface area contributed by atoms with Crippen molar-refractivity contribution in [2.75, 3.05) is 51.8 Å². The number of nitrogens with one attached hydrogen (secondary N) is 1. The highest BCUT2D eigenvalue weighted by Crippen LogP contribution is 2.31. The predicted octanol–water partition coefficient (Wildman–Crippen LogP) is 1.83. The fourth-order valence-corrected chi connectivity index (χ4v) is 3.54. The number of benzene rings is 2. The second-order valence-electron chi connectivity index (χ2n) is 7.39. The average Bonchev–Trinajstić information content (AvgIpc) is 3.37. The van der Waals surface area contributed by atoms with E-state index in [1.807, 2.05) is 17.0 Å². The highest BCUT2D eigenvalue weighted by atomic mass is 16.5. The van der Waals surface area contributed by atoms with Crippen molar-refractivity contribution < 1.29 is 23.6 Å². The summed E-state index contributed by atoms with van der Waals surface area (Å²) in [5, 5.41) is 6.75. The zero-order valence-electron chi connectivity index (χ0n) is 18.5. The van der Waals surface area contributed by atoms with Crippen LogP contribution in [0.15, 0.2) is 53.1 Å². The Morgan fingerprint density at radius 1 is 1.00 bits per heavy atom. The Morgan fingerprint density at radius 3 is 2.42 bits per heavy atom. The maximum atomic E-state index is 12.5. The van der Waals surface area contributed by atoms with Crippen molar-refractivity contribution in [3.05, 3.63) is 54.1 Å². The maximum Gasteiger partial charge on any atom is 0.324 e. The van der Waals surface area contributed by atoms with Gasteiger partial charge in [-0.15, -0.1) is 0 Å². The summed E-state index contributed by atoms with van der Waals surface area (Å²) in [7, 11) is 3.14. The Kier molecular flexibility index (Phi) is 6.72. The van der Waals surface area contributed by atoms with E-state index in [9.17, 15) is 9.59 Å². The van der Waals surface area contributed by atoms with Gasteiger partial charge in [-0.3, -0.25) is 9.59 Å². The Balaban J connectivity index is 1.31. The van der Waals surface area contributed by atoms with Gasteiger partial charge in [-0.2, -0.15) is 4.98 Å². The third kappa shape index (κ3) is 5.05. The molecule has 3 aromatic rings. The Morgan fingerprint density at radius 2 is 1.73 bits per heavy atom. The number of anilines is 1. The Hall–Kier alpha value is -4.08. The smallest absolute Gasteiger partial charge is 0.324 e. The minimum atomic E-state index is -0.267. The molecule has 0 aliphatic carbocycles. The maximum absolute atomic E-state index is 12.5. The molecule has 0 unspecified atom stereocenters. The molecule has 0 saturated carbocycles. The van der Waals surface area contributed by atoms with E-state index >= 15 is 0 Å². The third-order valence-electron chi connectivity index (χ3n) is 5.40. The minimum Gasteiger partial charge on any atom is -0.493 e. The van der Waals surface area contributed by atoms with Gasteiger partial charge in [0.25, 0.3) is 5.91 Å². The SMILES string of the molecule is COc1ccc(-c2noc(N3CCN(C(=O)CNC(=O)c4ccccc4)CC3)n2)cc1OC. The molecule has 2 amide bonds. The summed E-state index contributed by atoms with van der Waals surface area (Å²) in [6, 6.07) is 14.6. The van der Waals surface area contributed by atoms with Gasteiger partial charge in [0.1, 0.15) is 0 Å². The molecule has 0 radical (unpaired) electrons. The average molecular weight is 451 g/mol. The number of nitrogens with zero attached hydrogens (tertiary/aromatic N) is 4. The van der Waals surface area contributed by atoms with Crippen LogP contribution < -0.4 is 19.7 Å². The van der Waals surface area contributed by atoms with Gasteiger partial charge in [0.15, 0.2) is 11.5 Å². The van der Waals surface area contributed by atoms with Gasteiger partial charge in [-0.05, 0) is 30.3 Å². The second-order valence-corrected chi connectivity index (χ2v) is 7.39. The molecule has 1 fully saturated rings. The monoisotopic (exact) mass is 451 g/mol. The van der Waals surface area contributed by atoms with Crippen LogP contribution >= 0.6 is 0 Å². The van der Waals surface area contributed by atoms with Gasteiger partial charge in [0, 0.05) is 37.3 Å². The van der Waals surface area contributed by atoms with E-state index in [4.69, 9.17) is 14.0 Å². The van der Waals surface area contributed by atoms with Crippen molar-refractivity contribution in [1.82, 2.24) is 20.4 Å². The highest BCUT2D eigenvalue weighted by Gasteiger charge is 2.25. The minimum absolute atomic E-state index is 0.0439. The highest BCUT2D eigenvalue weighted by molar-refractivity contribution is 5.96. The predicted molar refractivity (Wildman–Crippen MR) is 120 cm³/mol. The number of ether oxygens (including phenoxy) is 2. The lowest BCUT2D eigenvalue weighted by atomic mass is 10.2. The number of carbonyl (C=O) groups excluding carboxylic acids is 2. The summed E-state index contributed by atoms with van der Waals surface area (Å²) in [4.78, 5) is 32.8. The fraction of sp³-hybridized carbons (Fsp3) is 0.304. The number of hydrogen-bond donors (Lipinski definition) is 1. The summed E-state index contributed by atoms with van der Waals surface area (Å²) < 4.78 is 16.0. The zero-order valence-corrected chi connectivity index (χ0v) is 18.5. The molecule has 2 heterocycles. The van der Waals surface area contributed by atoms with Gasteiger partial charge in [0.05, 0.1) is 20.8 Å². The van der Waals surface area contributed by atoms with E-state index in [0.717, 1.165) is 5.56 Å². The van der Waals surface area contributed by atoms with Crippen LogP contribution in [-0.4, -0.2) is 73.8 Å². The lowest BCUT2D eigenvalue weighted by Gasteiger charge is -2.33. The molecular weight excluding hydrogens is 426 g/mol. The first kappa shape index (κ1) is 22.1. The summed E-state index contributed by atoms with van der Waals surface area (Å²) >= 11 is 0. The van der Waals surface area contributed by atoms with Crippen LogP contribution in [0.4, 0.5) is 6.01 Å². The molecule has 1 aliphatic heterocycles. The lowest BCUT2D eigenvalue weighted by Crippen LogP contribution is -2.51. The molecule has 1 N–H and O–H groups in total. The number of aromatic nitrogens is 2. The fourth-order valence-electron chi connectivity index (χ4n) is 3.54. The van der Waals surface area contributed by atoms with Crippen LogP contribution in [0.25, 0.3) is 11.4 Å². The van der Waals surface area contributed by atoms with Gasteiger partial charge in [-0.25, -0.2) is 0 Å². The normalized spacial score (nSPS) is 13.5. The summed E-state index contributed by atoms with van der Waals surface area (Å²) in [5.74, 6) is 1.23. The van der Waals surface area contributed by atoms with Gasteiger partial charge < -0.3 is 29.1 Å². The third-order valence-corrected chi connectivity index (χ3v) is 5.40. The standard InChI is InChI=1S/C23H25N5O5/c1-31-18-9-8-17(14-19(18)32-2)21-25-23(33-26-21)28-12-10-27(11-13-28)20(29)15-24-22(30)16-6-4-3-5-7-16/h3-9,14H,10-13,15H2,1-2H3,(H,24,30). The van der Waals surface area contributed by atoms with Crippen molar-refractivity contribution in [3.63, 3.8) is 0 Å². The quantitative estimate of drug-likeness (QED) is 0.579. The van der Waals surface area contributed by atoms with E-state index in [1.165, 1.54) is 0 Å². The first-order valence-corrected chi connectivity index (χ1v) is 10.5. The number of amides is 2. The Labute approximate surface area is 191 Å². The number of piperazine rings is 1. The van der Waals surface area contributed by atoms with Crippen molar-refractivity contribution in [2.45, 2.75) is 0 Å². The molecule has 1 aliphatic rings. The second kappa shape index (κ2) is 10.0. The number of hydrogen-bond acceptors (Lipinski definition) is 8. The van der Waals surface area contributed by atoms with E-state index in [-0.39, 0.29) is 18.4 Å². The van der Waals surface area contributed by atoms with E-state index in [1.54, 1.807) is 55.5 Å². The molecule has 1 aromatic heterocycles. The largest absolute Gasteiger partial charge is 0.493 e. The van der Waals surface area contributed by atoms with Crippen molar-refractivity contribution >= 4 is 17.8 Å². The summed E-state index contributed by atoms with van der Waals surface area (Å²) in [5.41, 5.74) is 1.27. The topological polar surface area (TPSA) is 110 Å². The van der Waals surface area contributed by atoms with E-state index < -0.39 is 0 Å². The molecule has 33 heavy (non-hydrogen) atoms. The molecule has 4 rings (SSSR count). The number of carbonyl (C=O) groups is 2. The summed E-state index contributed by atoms with van der Waals surface area (Å²) in [6.45, 7) is 2.04. The van der Waals surface area contributed by atoms with Crippen LogP contribution in [0.1, 0.15) is 10.4 Å². The summed E-state index contributed by atoms with van der Waals surface area (Å²) in [6.07, 6.45) is 0. The Bertz CT molecular complexity index is 1110. The van der Waals surface area contributed by atoms with Crippen molar-refractivity contribution in [2.24, 2.45) is 0 Å². The molecule has 0 bridgehead atoms. The first-order valence-electron chi connectivity index (χ1n) is 10.5. The van der Waals surface area contributed by atoms with Crippen LogP contribution in [0, 0.1) is 0 Å².